The van der Waals surface area contributed by atoms with Gasteiger partial charge in [0.05, 0.1) is 17.2 Å². The van der Waals surface area contributed by atoms with Crippen LogP contribution in [0.2, 0.25) is 0 Å². The first-order valence-corrected chi connectivity index (χ1v) is 5.16. The second kappa shape index (κ2) is 4.37. The van der Waals surface area contributed by atoms with E-state index in [2.05, 4.69) is 10.6 Å². The lowest BCUT2D eigenvalue weighted by Crippen LogP contribution is -2.48. The monoisotopic (exact) mass is 244 g/mol. The molecule has 1 saturated heterocycles. The Kier molecular flexibility index (Phi) is 3.06. The molecule has 92 valence electrons. The molecule has 1 fully saturated rings. The van der Waals surface area contributed by atoms with Crippen molar-refractivity contribution in [2.24, 2.45) is 5.92 Å². The Hall–Kier alpha value is -1.56. The van der Waals surface area contributed by atoms with Gasteiger partial charge in [0.15, 0.2) is 0 Å². The van der Waals surface area contributed by atoms with Crippen LogP contribution in [-0.2, 0) is 11.0 Å². The third-order valence-electron chi connectivity index (χ3n) is 2.64. The zero-order valence-corrected chi connectivity index (χ0v) is 8.84. The van der Waals surface area contributed by atoms with Crippen molar-refractivity contribution >= 4 is 11.6 Å². The number of amides is 1. The fraction of sp³-hybridized carbons (Fsp3) is 0.364. The van der Waals surface area contributed by atoms with Crippen molar-refractivity contribution in [2.75, 3.05) is 18.4 Å². The summed E-state index contributed by atoms with van der Waals surface area (Å²) in [4.78, 5) is 11.6. The van der Waals surface area contributed by atoms with Gasteiger partial charge < -0.3 is 10.6 Å². The maximum Gasteiger partial charge on any atom is 0.418 e. The molecule has 0 spiro atoms. The van der Waals surface area contributed by atoms with Crippen LogP contribution in [0.25, 0.3) is 0 Å². The first kappa shape index (κ1) is 11.9. The predicted molar refractivity (Wildman–Crippen MR) is 56.4 cm³/mol. The van der Waals surface area contributed by atoms with E-state index in [-0.39, 0.29) is 17.5 Å². The Morgan fingerprint density at radius 1 is 1.29 bits per heavy atom. The molecule has 1 aliphatic heterocycles. The number of carbonyl (C=O) groups excluding carboxylic acids is 1. The number of para-hydroxylation sites is 1. The molecule has 0 aliphatic carbocycles. The van der Waals surface area contributed by atoms with E-state index in [0.29, 0.717) is 13.1 Å². The molecule has 0 bridgehead atoms. The summed E-state index contributed by atoms with van der Waals surface area (Å²) in [6, 6.07) is 4.97. The second-order valence-electron chi connectivity index (χ2n) is 3.89. The summed E-state index contributed by atoms with van der Waals surface area (Å²) in [5, 5.41) is 5.21. The van der Waals surface area contributed by atoms with Crippen molar-refractivity contribution < 1.29 is 18.0 Å². The lowest BCUT2D eigenvalue weighted by atomic mass is 10.0. The van der Waals surface area contributed by atoms with Crippen molar-refractivity contribution in [3.05, 3.63) is 29.8 Å². The van der Waals surface area contributed by atoms with Gasteiger partial charge in [-0.25, -0.2) is 0 Å². The van der Waals surface area contributed by atoms with E-state index in [9.17, 15) is 18.0 Å². The minimum atomic E-state index is -4.46. The van der Waals surface area contributed by atoms with Gasteiger partial charge in [-0.1, -0.05) is 12.1 Å². The Morgan fingerprint density at radius 3 is 2.47 bits per heavy atom. The predicted octanol–water partition coefficient (Wildman–Crippen LogP) is 1.86. The quantitative estimate of drug-likeness (QED) is 0.833. The maximum absolute atomic E-state index is 12.6. The largest absolute Gasteiger partial charge is 0.418 e. The number of hydrogen-bond donors (Lipinski definition) is 2. The Balaban J connectivity index is 2.17. The third-order valence-corrected chi connectivity index (χ3v) is 2.64. The van der Waals surface area contributed by atoms with Gasteiger partial charge in [0.2, 0.25) is 5.91 Å². The molecule has 1 aromatic rings. The van der Waals surface area contributed by atoms with Crippen LogP contribution < -0.4 is 10.6 Å². The van der Waals surface area contributed by atoms with E-state index < -0.39 is 11.7 Å². The van der Waals surface area contributed by atoms with E-state index in [0.717, 1.165) is 6.07 Å². The minimum Gasteiger partial charge on any atom is -0.325 e. The molecule has 1 heterocycles. The summed E-state index contributed by atoms with van der Waals surface area (Å²) < 4.78 is 37.9. The molecule has 6 heteroatoms. The van der Waals surface area contributed by atoms with Gasteiger partial charge in [-0.05, 0) is 12.1 Å². The number of anilines is 1. The highest BCUT2D eigenvalue weighted by Crippen LogP contribution is 2.34. The number of rotatable bonds is 2. The van der Waals surface area contributed by atoms with Crippen LogP contribution in [0.1, 0.15) is 5.56 Å². The molecule has 0 atom stereocenters. The average molecular weight is 244 g/mol. The highest BCUT2D eigenvalue weighted by molar-refractivity contribution is 5.94. The third kappa shape index (κ3) is 2.58. The van der Waals surface area contributed by atoms with Crippen molar-refractivity contribution in [3.63, 3.8) is 0 Å². The van der Waals surface area contributed by atoms with Crippen molar-refractivity contribution in [1.29, 1.82) is 0 Å². The summed E-state index contributed by atoms with van der Waals surface area (Å²) >= 11 is 0. The Labute approximate surface area is 96.0 Å². The van der Waals surface area contributed by atoms with Crippen LogP contribution in [0, 0.1) is 5.92 Å². The Morgan fingerprint density at radius 2 is 1.94 bits per heavy atom. The first-order valence-electron chi connectivity index (χ1n) is 5.16. The second-order valence-corrected chi connectivity index (χ2v) is 3.89. The highest BCUT2D eigenvalue weighted by Gasteiger charge is 2.34. The number of benzene rings is 1. The van der Waals surface area contributed by atoms with Gasteiger partial charge in [0.25, 0.3) is 0 Å². The van der Waals surface area contributed by atoms with Gasteiger partial charge in [-0.15, -0.1) is 0 Å². The molecule has 0 aromatic heterocycles. The summed E-state index contributed by atoms with van der Waals surface area (Å²) in [5.74, 6) is -0.614. The van der Waals surface area contributed by atoms with E-state index >= 15 is 0 Å². The van der Waals surface area contributed by atoms with Crippen LogP contribution in [0.15, 0.2) is 24.3 Å². The summed E-state index contributed by atoms with van der Waals surface area (Å²) in [6.07, 6.45) is -4.46. The van der Waals surface area contributed by atoms with Crippen molar-refractivity contribution in [1.82, 2.24) is 5.32 Å². The van der Waals surface area contributed by atoms with E-state index in [4.69, 9.17) is 0 Å². The van der Waals surface area contributed by atoms with E-state index in [1.807, 2.05) is 0 Å². The van der Waals surface area contributed by atoms with E-state index in [1.54, 1.807) is 0 Å². The smallest absolute Gasteiger partial charge is 0.325 e. The van der Waals surface area contributed by atoms with Crippen LogP contribution >= 0.6 is 0 Å². The molecular formula is C11H11F3N2O. The maximum atomic E-state index is 12.6. The van der Waals surface area contributed by atoms with Crippen molar-refractivity contribution in [2.45, 2.75) is 6.18 Å². The standard InChI is InChI=1S/C11H11F3N2O/c12-11(13,14)8-3-1-2-4-9(8)16-10(17)7-5-15-6-7/h1-4,7,15H,5-6H2,(H,16,17). The normalized spacial score (nSPS) is 16.4. The number of carbonyl (C=O) groups is 1. The molecule has 0 radical (unpaired) electrons. The molecule has 1 aliphatic rings. The molecule has 1 aromatic carbocycles. The van der Waals surface area contributed by atoms with Gasteiger partial charge in [-0.3, -0.25) is 4.79 Å². The lowest BCUT2D eigenvalue weighted by molar-refractivity contribution is -0.137. The molecule has 1 amide bonds. The van der Waals surface area contributed by atoms with Gasteiger partial charge >= 0.3 is 6.18 Å². The highest BCUT2D eigenvalue weighted by atomic mass is 19.4. The minimum absolute atomic E-state index is 0.183. The zero-order chi connectivity index (χ0) is 12.5. The van der Waals surface area contributed by atoms with Gasteiger partial charge in [0, 0.05) is 13.1 Å². The molecular weight excluding hydrogens is 233 g/mol. The lowest BCUT2D eigenvalue weighted by Gasteiger charge is -2.26. The summed E-state index contributed by atoms with van der Waals surface area (Å²) in [6.45, 7) is 1.03. The number of halogens is 3. The number of nitrogens with one attached hydrogen (secondary N) is 2. The van der Waals surface area contributed by atoms with Crippen LogP contribution in [-0.4, -0.2) is 19.0 Å². The first-order chi connectivity index (χ1) is 7.98. The molecule has 0 unspecified atom stereocenters. The van der Waals surface area contributed by atoms with Crippen LogP contribution in [0.4, 0.5) is 18.9 Å². The van der Waals surface area contributed by atoms with Gasteiger partial charge in [-0.2, -0.15) is 13.2 Å². The van der Waals surface area contributed by atoms with Gasteiger partial charge in [0.1, 0.15) is 0 Å². The number of alkyl halides is 3. The van der Waals surface area contributed by atoms with E-state index in [1.165, 1.54) is 18.2 Å². The SMILES string of the molecule is O=C(Nc1ccccc1C(F)(F)F)C1CNC1. The van der Waals surface area contributed by atoms with Crippen LogP contribution in [0.5, 0.6) is 0 Å². The molecule has 2 rings (SSSR count). The summed E-state index contributed by atoms with van der Waals surface area (Å²) in [7, 11) is 0. The van der Waals surface area contributed by atoms with Crippen LogP contribution in [0.3, 0.4) is 0 Å². The number of hydrogen-bond acceptors (Lipinski definition) is 2. The average Bonchev–Trinajstić information content (AvgIpc) is 2.13. The fourth-order valence-corrected chi connectivity index (χ4v) is 1.55. The topological polar surface area (TPSA) is 41.1 Å². The Bertz CT molecular complexity index is 427. The molecule has 3 nitrogen and oxygen atoms in total. The molecule has 0 saturated carbocycles. The molecule has 2 N–H and O–H groups in total. The summed E-state index contributed by atoms with van der Waals surface area (Å²) in [5.41, 5.74) is -1.00. The fourth-order valence-electron chi connectivity index (χ4n) is 1.55. The zero-order valence-electron chi connectivity index (χ0n) is 8.84. The van der Waals surface area contributed by atoms with Crippen molar-refractivity contribution in [3.8, 4) is 0 Å². The molecule has 17 heavy (non-hydrogen) atoms.